The van der Waals surface area contributed by atoms with Crippen LogP contribution in [-0.2, 0) is 9.84 Å². The summed E-state index contributed by atoms with van der Waals surface area (Å²) >= 11 is 0. The van der Waals surface area contributed by atoms with Crippen LogP contribution in [0.4, 0.5) is 0 Å². The molecule has 17 heavy (non-hydrogen) atoms. The van der Waals surface area contributed by atoms with Crippen LogP contribution in [0.25, 0.3) is 0 Å². The van der Waals surface area contributed by atoms with Crippen LogP contribution in [0, 0.1) is 6.92 Å². The number of benzene rings is 1. The Hall–Kier alpha value is -1.07. The summed E-state index contributed by atoms with van der Waals surface area (Å²) in [7, 11) is -1.45. The SMILES string of the molecule is COc1ccc(C(O)CCS(C)(=O)=O)cc1C. The normalized spacial score (nSPS) is 13.4. The summed E-state index contributed by atoms with van der Waals surface area (Å²) < 4.78 is 27.1. The maximum absolute atomic E-state index is 11.0. The molecule has 1 aromatic carbocycles. The summed E-state index contributed by atoms with van der Waals surface area (Å²) in [5.74, 6) is 0.739. The van der Waals surface area contributed by atoms with Crippen LogP contribution in [0.5, 0.6) is 5.75 Å². The molecule has 0 spiro atoms. The summed E-state index contributed by atoms with van der Waals surface area (Å²) in [5, 5.41) is 9.87. The van der Waals surface area contributed by atoms with Crippen molar-refractivity contribution in [3.8, 4) is 5.75 Å². The summed E-state index contributed by atoms with van der Waals surface area (Å²) in [6, 6.07) is 5.33. The van der Waals surface area contributed by atoms with Crippen molar-refractivity contribution >= 4 is 9.84 Å². The second kappa shape index (κ2) is 5.51. The van der Waals surface area contributed by atoms with E-state index in [4.69, 9.17) is 4.74 Å². The second-order valence-electron chi connectivity index (χ2n) is 4.16. The first-order valence-electron chi connectivity index (χ1n) is 5.34. The smallest absolute Gasteiger partial charge is 0.147 e. The van der Waals surface area contributed by atoms with Crippen LogP contribution in [0.2, 0.25) is 0 Å². The van der Waals surface area contributed by atoms with Crippen molar-refractivity contribution in [3.63, 3.8) is 0 Å². The average Bonchev–Trinajstić information content (AvgIpc) is 2.24. The van der Waals surface area contributed by atoms with Crippen molar-refractivity contribution in [2.75, 3.05) is 19.1 Å². The van der Waals surface area contributed by atoms with Gasteiger partial charge in [0.2, 0.25) is 0 Å². The number of hydrogen-bond acceptors (Lipinski definition) is 4. The van der Waals surface area contributed by atoms with Gasteiger partial charge in [0.05, 0.1) is 19.0 Å². The molecule has 0 aromatic heterocycles. The molecule has 1 N–H and O–H groups in total. The summed E-state index contributed by atoms with van der Waals surface area (Å²) in [5.41, 5.74) is 1.63. The predicted molar refractivity (Wildman–Crippen MR) is 67.0 cm³/mol. The Labute approximate surface area is 102 Å². The van der Waals surface area contributed by atoms with Crippen LogP contribution in [0.1, 0.15) is 23.7 Å². The molecule has 1 rings (SSSR count). The Morgan fingerprint density at radius 1 is 1.41 bits per heavy atom. The van der Waals surface area contributed by atoms with Crippen LogP contribution in [-0.4, -0.2) is 32.6 Å². The number of ether oxygens (including phenoxy) is 1. The first kappa shape index (κ1) is 14.0. The predicted octanol–water partition coefficient (Wildman–Crippen LogP) is 1.47. The molecule has 0 aliphatic carbocycles. The van der Waals surface area contributed by atoms with Crippen molar-refractivity contribution < 1.29 is 18.3 Å². The highest BCUT2D eigenvalue weighted by molar-refractivity contribution is 7.90. The largest absolute Gasteiger partial charge is 0.496 e. The summed E-state index contributed by atoms with van der Waals surface area (Å²) in [6.07, 6.45) is 0.623. The number of aliphatic hydroxyl groups is 1. The van der Waals surface area contributed by atoms with Gasteiger partial charge in [-0.1, -0.05) is 6.07 Å². The van der Waals surface area contributed by atoms with Gasteiger partial charge in [0, 0.05) is 6.26 Å². The fourth-order valence-corrected chi connectivity index (χ4v) is 2.25. The van der Waals surface area contributed by atoms with Gasteiger partial charge in [-0.05, 0) is 36.6 Å². The Morgan fingerprint density at radius 3 is 2.53 bits per heavy atom. The van der Waals surface area contributed by atoms with Gasteiger partial charge in [-0.15, -0.1) is 0 Å². The van der Waals surface area contributed by atoms with Crippen LogP contribution in [0.15, 0.2) is 18.2 Å². The molecule has 0 radical (unpaired) electrons. The van der Waals surface area contributed by atoms with Gasteiger partial charge in [-0.25, -0.2) is 8.42 Å². The first-order chi connectivity index (χ1) is 7.83. The van der Waals surface area contributed by atoms with Crippen LogP contribution < -0.4 is 4.74 Å². The van der Waals surface area contributed by atoms with Gasteiger partial charge >= 0.3 is 0 Å². The Kier molecular flexibility index (Phi) is 4.54. The lowest BCUT2D eigenvalue weighted by molar-refractivity contribution is 0.174. The van der Waals surface area contributed by atoms with E-state index in [2.05, 4.69) is 0 Å². The standard InChI is InChI=1S/C12H18O4S/c1-9-8-10(4-5-12(9)16-2)11(13)6-7-17(3,14)15/h4-5,8,11,13H,6-7H2,1-3H3. The number of hydrogen-bond donors (Lipinski definition) is 1. The van der Waals surface area contributed by atoms with Crippen molar-refractivity contribution in [2.24, 2.45) is 0 Å². The minimum atomic E-state index is -3.03. The summed E-state index contributed by atoms with van der Waals surface area (Å²) in [6.45, 7) is 1.88. The van der Waals surface area contributed by atoms with Crippen molar-refractivity contribution in [3.05, 3.63) is 29.3 Å². The molecule has 96 valence electrons. The molecule has 5 heteroatoms. The third-order valence-corrected chi connectivity index (χ3v) is 3.54. The highest BCUT2D eigenvalue weighted by atomic mass is 32.2. The molecule has 1 unspecified atom stereocenters. The fourth-order valence-electron chi connectivity index (χ4n) is 1.60. The highest BCUT2D eigenvalue weighted by Crippen LogP contribution is 2.24. The third-order valence-electron chi connectivity index (χ3n) is 2.57. The third kappa shape index (κ3) is 4.36. The van der Waals surface area contributed by atoms with E-state index in [9.17, 15) is 13.5 Å². The maximum Gasteiger partial charge on any atom is 0.147 e. The molecule has 0 saturated carbocycles. The molecule has 0 amide bonds. The van der Waals surface area contributed by atoms with Gasteiger partial charge in [0.25, 0.3) is 0 Å². The molecule has 4 nitrogen and oxygen atoms in total. The van der Waals surface area contributed by atoms with Gasteiger partial charge in [0.1, 0.15) is 15.6 Å². The monoisotopic (exact) mass is 258 g/mol. The van der Waals surface area contributed by atoms with E-state index in [1.165, 1.54) is 6.26 Å². The van der Waals surface area contributed by atoms with Crippen molar-refractivity contribution in [1.29, 1.82) is 0 Å². The number of aliphatic hydroxyl groups excluding tert-OH is 1. The van der Waals surface area contributed by atoms with Gasteiger partial charge < -0.3 is 9.84 Å². The molecule has 1 atom stereocenters. The highest BCUT2D eigenvalue weighted by Gasteiger charge is 2.12. The van der Waals surface area contributed by atoms with Crippen LogP contribution in [0.3, 0.4) is 0 Å². The molecule has 0 saturated heterocycles. The molecule has 0 heterocycles. The van der Waals surface area contributed by atoms with E-state index in [0.29, 0.717) is 5.56 Å². The zero-order valence-corrected chi connectivity index (χ0v) is 11.1. The lowest BCUT2D eigenvalue weighted by Gasteiger charge is -2.12. The van der Waals surface area contributed by atoms with Crippen molar-refractivity contribution in [1.82, 2.24) is 0 Å². The van der Waals surface area contributed by atoms with E-state index in [1.54, 1.807) is 19.2 Å². The van der Waals surface area contributed by atoms with E-state index in [-0.39, 0.29) is 12.2 Å². The topological polar surface area (TPSA) is 63.6 Å². The number of sulfone groups is 1. The van der Waals surface area contributed by atoms with Gasteiger partial charge in [0.15, 0.2) is 0 Å². The van der Waals surface area contributed by atoms with Crippen LogP contribution >= 0.6 is 0 Å². The minimum Gasteiger partial charge on any atom is -0.496 e. The molecular weight excluding hydrogens is 240 g/mol. The quantitative estimate of drug-likeness (QED) is 0.868. The summed E-state index contributed by atoms with van der Waals surface area (Å²) in [4.78, 5) is 0. The Bertz CT molecular complexity index is 479. The lowest BCUT2D eigenvalue weighted by atomic mass is 10.0. The molecule has 0 aliphatic heterocycles. The van der Waals surface area contributed by atoms with Gasteiger partial charge in [-0.2, -0.15) is 0 Å². The molecule has 0 fully saturated rings. The Balaban J connectivity index is 2.76. The molecule has 0 bridgehead atoms. The number of rotatable bonds is 5. The van der Waals surface area contributed by atoms with Crippen molar-refractivity contribution in [2.45, 2.75) is 19.4 Å². The Morgan fingerprint density at radius 2 is 2.06 bits per heavy atom. The molecule has 0 aliphatic rings. The lowest BCUT2D eigenvalue weighted by Crippen LogP contribution is -2.08. The number of methoxy groups -OCH3 is 1. The second-order valence-corrected chi connectivity index (χ2v) is 6.42. The number of aryl methyl sites for hydroxylation is 1. The van der Waals surface area contributed by atoms with Gasteiger partial charge in [-0.3, -0.25) is 0 Å². The zero-order valence-electron chi connectivity index (χ0n) is 10.3. The average molecular weight is 258 g/mol. The molecule has 1 aromatic rings. The molecular formula is C12H18O4S. The fraction of sp³-hybridized carbons (Fsp3) is 0.500. The maximum atomic E-state index is 11.0. The van der Waals surface area contributed by atoms with E-state index in [1.807, 2.05) is 13.0 Å². The zero-order chi connectivity index (χ0) is 13.1. The van der Waals surface area contributed by atoms with E-state index >= 15 is 0 Å². The minimum absolute atomic E-state index is 0.0146. The first-order valence-corrected chi connectivity index (χ1v) is 7.40. The van der Waals surface area contributed by atoms with E-state index in [0.717, 1.165) is 11.3 Å². The van der Waals surface area contributed by atoms with E-state index < -0.39 is 15.9 Å².